The summed E-state index contributed by atoms with van der Waals surface area (Å²) in [5, 5.41) is 9.32. The minimum absolute atomic E-state index is 0.122. The lowest BCUT2D eigenvalue weighted by atomic mass is 9.88. The van der Waals surface area contributed by atoms with Crippen LogP contribution in [0.1, 0.15) is 41.6 Å². The third kappa shape index (κ3) is 6.04. The molecule has 0 bridgehead atoms. The van der Waals surface area contributed by atoms with Gasteiger partial charge in [-0.3, -0.25) is 4.79 Å². The molecule has 0 atom stereocenters. The smallest absolute Gasteiger partial charge is 0.335 e. The average molecular weight is 399 g/mol. The maximum absolute atomic E-state index is 12.9. The number of rotatable bonds is 8. The molecule has 6 heteroatoms. The summed E-state index contributed by atoms with van der Waals surface area (Å²) in [5.74, 6) is -0.0850. The molecular formula is C23H26FNO4. The summed E-state index contributed by atoms with van der Waals surface area (Å²) in [6.45, 7) is 1.83. The van der Waals surface area contributed by atoms with Gasteiger partial charge in [-0.1, -0.05) is 18.2 Å². The van der Waals surface area contributed by atoms with E-state index in [4.69, 9.17) is 4.74 Å². The van der Waals surface area contributed by atoms with Gasteiger partial charge in [0.1, 0.15) is 11.6 Å². The maximum atomic E-state index is 12.9. The summed E-state index contributed by atoms with van der Waals surface area (Å²) in [6.07, 6.45) is 3.53. The number of aromatic carboxylic acids is 1. The van der Waals surface area contributed by atoms with Crippen molar-refractivity contribution in [2.45, 2.75) is 32.1 Å². The fraction of sp³-hybridized carbons (Fsp3) is 0.391. The minimum Gasteiger partial charge on any atom is -0.494 e. The minimum atomic E-state index is -0.893. The van der Waals surface area contributed by atoms with Crippen LogP contribution in [0, 0.1) is 11.7 Å². The number of likely N-dealkylation sites (tertiary alicyclic amines) is 1. The van der Waals surface area contributed by atoms with Gasteiger partial charge in [0.25, 0.3) is 0 Å². The Labute approximate surface area is 170 Å². The quantitative estimate of drug-likeness (QED) is 0.677. The second-order valence-electron chi connectivity index (χ2n) is 7.40. The van der Waals surface area contributed by atoms with Gasteiger partial charge in [-0.25, -0.2) is 9.18 Å². The molecule has 0 aliphatic carbocycles. The largest absolute Gasteiger partial charge is 0.494 e. The van der Waals surface area contributed by atoms with Gasteiger partial charge in [0, 0.05) is 19.5 Å². The standard InChI is InChI=1S/C23H26FNO4/c24-19-7-9-20(10-8-19)29-15-3-6-22(26)25-13-11-17(12-14-25)16-18-4-1-2-5-21(18)23(27)28/h1-2,4-5,7-10,17H,3,6,11-16H2,(H,27,28). The molecule has 1 N–H and O–H groups in total. The molecule has 0 saturated carbocycles. The van der Waals surface area contributed by atoms with E-state index in [0.29, 0.717) is 49.8 Å². The number of hydrogen-bond donors (Lipinski definition) is 1. The zero-order valence-corrected chi connectivity index (χ0v) is 16.4. The van der Waals surface area contributed by atoms with E-state index >= 15 is 0 Å². The fourth-order valence-corrected chi connectivity index (χ4v) is 3.71. The van der Waals surface area contributed by atoms with Crippen LogP contribution in [-0.4, -0.2) is 41.6 Å². The third-order valence-corrected chi connectivity index (χ3v) is 5.34. The van der Waals surface area contributed by atoms with Gasteiger partial charge in [0.15, 0.2) is 0 Å². The summed E-state index contributed by atoms with van der Waals surface area (Å²) >= 11 is 0. The molecule has 1 heterocycles. The van der Waals surface area contributed by atoms with E-state index in [1.54, 1.807) is 24.3 Å². The Hall–Kier alpha value is -2.89. The zero-order chi connectivity index (χ0) is 20.6. The molecule has 5 nitrogen and oxygen atoms in total. The summed E-state index contributed by atoms with van der Waals surface area (Å²) < 4.78 is 18.4. The molecule has 1 saturated heterocycles. The van der Waals surface area contributed by atoms with Crippen LogP contribution in [-0.2, 0) is 11.2 Å². The molecule has 0 radical (unpaired) electrons. The normalized spacial score (nSPS) is 14.6. The fourth-order valence-electron chi connectivity index (χ4n) is 3.71. The molecule has 0 aromatic heterocycles. The monoisotopic (exact) mass is 399 g/mol. The number of nitrogens with zero attached hydrogens (tertiary/aromatic N) is 1. The van der Waals surface area contributed by atoms with Crippen molar-refractivity contribution >= 4 is 11.9 Å². The van der Waals surface area contributed by atoms with E-state index in [2.05, 4.69) is 0 Å². The van der Waals surface area contributed by atoms with Crippen LogP contribution >= 0.6 is 0 Å². The van der Waals surface area contributed by atoms with Gasteiger partial charge in [0.05, 0.1) is 12.2 Å². The second-order valence-corrected chi connectivity index (χ2v) is 7.40. The van der Waals surface area contributed by atoms with E-state index in [9.17, 15) is 19.1 Å². The highest BCUT2D eigenvalue weighted by molar-refractivity contribution is 5.89. The number of hydrogen-bond acceptors (Lipinski definition) is 3. The summed E-state index contributed by atoms with van der Waals surface area (Å²) in [5.41, 5.74) is 1.23. The van der Waals surface area contributed by atoms with E-state index in [-0.39, 0.29) is 11.7 Å². The van der Waals surface area contributed by atoms with Gasteiger partial charge < -0.3 is 14.7 Å². The number of benzene rings is 2. The van der Waals surface area contributed by atoms with Crippen LogP contribution in [0.3, 0.4) is 0 Å². The van der Waals surface area contributed by atoms with Crippen LogP contribution in [0.5, 0.6) is 5.75 Å². The highest BCUT2D eigenvalue weighted by atomic mass is 19.1. The Balaban J connectivity index is 1.38. The number of carbonyl (C=O) groups excluding carboxylic acids is 1. The van der Waals surface area contributed by atoms with Gasteiger partial charge in [0.2, 0.25) is 5.91 Å². The maximum Gasteiger partial charge on any atom is 0.335 e. The number of halogens is 1. The molecule has 2 aromatic carbocycles. The predicted octanol–water partition coefficient (Wildman–Crippen LogP) is 4.16. The lowest BCUT2D eigenvalue weighted by Gasteiger charge is -2.32. The SMILES string of the molecule is O=C(O)c1ccccc1CC1CCN(C(=O)CCCOc2ccc(F)cc2)CC1. The van der Waals surface area contributed by atoms with Crippen molar-refractivity contribution in [2.24, 2.45) is 5.92 Å². The number of carboxylic acid groups (broad SMARTS) is 1. The number of piperidine rings is 1. The first kappa shape index (κ1) is 20.8. The Morgan fingerprint density at radius 2 is 1.76 bits per heavy atom. The van der Waals surface area contributed by atoms with Crippen LogP contribution in [0.2, 0.25) is 0 Å². The van der Waals surface area contributed by atoms with Crippen molar-refractivity contribution in [3.05, 3.63) is 65.5 Å². The Bertz CT molecular complexity index is 829. The van der Waals surface area contributed by atoms with Crippen molar-refractivity contribution in [2.75, 3.05) is 19.7 Å². The third-order valence-electron chi connectivity index (χ3n) is 5.34. The summed E-state index contributed by atoms with van der Waals surface area (Å²) in [6, 6.07) is 13.0. The van der Waals surface area contributed by atoms with Gasteiger partial charge in [-0.2, -0.15) is 0 Å². The average Bonchev–Trinajstić information content (AvgIpc) is 2.73. The molecule has 1 aliphatic rings. The van der Waals surface area contributed by atoms with Crippen molar-refractivity contribution in [3.8, 4) is 5.75 Å². The van der Waals surface area contributed by atoms with Crippen molar-refractivity contribution < 1.29 is 23.8 Å². The first-order valence-electron chi connectivity index (χ1n) is 10.0. The van der Waals surface area contributed by atoms with E-state index in [0.717, 1.165) is 24.8 Å². The predicted molar refractivity (Wildman–Crippen MR) is 108 cm³/mol. The molecule has 1 amide bonds. The summed E-state index contributed by atoms with van der Waals surface area (Å²) in [7, 11) is 0. The van der Waals surface area contributed by atoms with Gasteiger partial charge in [-0.05, 0) is 67.5 Å². The van der Waals surface area contributed by atoms with Crippen LogP contribution in [0.4, 0.5) is 4.39 Å². The topological polar surface area (TPSA) is 66.8 Å². The molecule has 2 aromatic rings. The van der Waals surface area contributed by atoms with E-state index in [1.807, 2.05) is 17.0 Å². The van der Waals surface area contributed by atoms with Crippen LogP contribution < -0.4 is 4.74 Å². The van der Waals surface area contributed by atoms with Crippen LogP contribution in [0.25, 0.3) is 0 Å². The Morgan fingerprint density at radius 3 is 2.45 bits per heavy atom. The molecule has 3 rings (SSSR count). The molecule has 0 spiro atoms. The molecule has 29 heavy (non-hydrogen) atoms. The molecule has 154 valence electrons. The molecule has 0 unspecified atom stereocenters. The zero-order valence-electron chi connectivity index (χ0n) is 16.4. The number of carboxylic acids is 1. The lowest BCUT2D eigenvalue weighted by Crippen LogP contribution is -2.39. The first-order valence-corrected chi connectivity index (χ1v) is 10.0. The first-order chi connectivity index (χ1) is 14.0. The molecule has 1 fully saturated rings. The summed E-state index contributed by atoms with van der Waals surface area (Å²) in [4.78, 5) is 25.6. The van der Waals surface area contributed by atoms with E-state index < -0.39 is 5.97 Å². The van der Waals surface area contributed by atoms with Gasteiger partial charge in [-0.15, -0.1) is 0 Å². The Kier molecular flexibility index (Phi) is 7.22. The van der Waals surface area contributed by atoms with Crippen molar-refractivity contribution in [3.63, 3.8) is 0 Å². The van der Waals surface area contributed by atoms with Crippen LogP contribution in [0.15, 0.2) is 48.5 Å². The van der Waals surface area contributed by atoms with Gasteiger partial charge >= 0.3 is 5.97 Å². The van der Waals surface area contributed by atoms with Crippen molar-refractivity contribution in [1.29, 1.82) is 0 Å². The molecule has 1 aliphatic heterocycles. The number of ether oxygens (including phenoxy) is 1. The van der Waals surface area contributed by atoms with Crippen molar-refractivity contribution in [1.82, 2.24) is 4.90 Å². The Morgan fingerprint density at radius 1 is 1.07 bits per heavy atom. The highest BCUT2D eigenvalue weighted by Gasteiger charge is 2.23. The molecular weight excluding hydrogens is 373 g/mol. The van der Waals surface area contributed by atoms with E-state index in [1.165, 1.54) is 12.1 Å². The second kappa shape index (κ2) is 10.0. The number of carbonyl (C=O) groups is 2. The number of amides is 1. The lowest BCUT2D eigenvalue weighted by molar-refractivity contribution is -0.132. The highest BCUT2D eigenvalue weighted by Crippen LogP contribution is 2.24.